The number of hydrogen-bond donors (Lipinski definition) is 2. The van der Waals surface area contributed by atoms with E-state index in [0.29, 0.717) is 17.1 Å². The second kappa shape index (κ2) is 7.00. The summed E-state index contributed by atoms with van der Waals surface area (Å²) in [5, 5.41) is 12.6. The monoisotopic (exact) mass is 319 g/mol. The third-order valence-electron chi connectivity index (χ3n) is 3.46. The summed E-state index contributed by atoms with van der Waals surface area (Å²) in [7, 11) is 2.94. The van der Waals surface area contributed by atoms with Crippen LogP contribution in [0.4, 0.5) is 4.39 Å². The van der Waals surface area contributed by atoms with Crippen molar-refractivity contribution < 1.29 is 23.8 Å². The van der Waals surface area contributed by atoms with Crippen LogP contribution < -0.4 is 14.8 Å². The van der Waals surface area contributed by atoms with E-state index >= 15 is 0 Å². The van der Waals surface area contributed by atoms with E-state index in [4.69, 9.17) is 9.47 Å². The highest BCUT2D eigenvalue weighted by molar-refractivity contribution is 5.97. The van der Waals surface area contributed by atoms with Crippen molar-refractivity contribution in [3.63, 3.8) is 0 Å². The van der Waals surface area contributed by atoms with Crippen LogP contribution in [0.2, 0.25) is 0 Å². The minimum atomic E-state index is -0.505. The quantitative estimate of drug-likeness (QED) is 0.889. The SMILES string of the molecule is COc1ccc(C(=O)NC(C)c2cc(F)ccc2OC)c(O)c1. The average molecular weight is 319 g/mol. The Bertz CT molecular complexity index is 718. The molecule has 122 valence electrons. The van der Waals surface area contributed by atoms with E-state index in [1.54, 1.807) is 13.0 Å². The first-order chi connectivity index (χ1) is 11.0. The number of carbonyl (C=O) groups excluding carboxylic acids is 1. The van der Waals surface area contributed by atoms with Gasteiger partial charge in [-0.25, -0.2) is 4.39 Å². The van der Waals surface area contributed by atoms with Gasteiger partial charge in [0.05, 0.1) is 25.8 Å². The molecule has 1 amide bonds. The van der Waals surface area contributed by atoms with E-state index in [9.17, 15) is 14.3 Å². The first kappa shape index (κ1) is 16.6. The van der Waals surface area contributed by atoms with Gasteiger partial charge in [-0.05, 0) is 37.3 Å². The van der Waals surface area contributed by atoms with Gasteiger partial charge in [0.1, 0.15) is 23.1 Å². The molecule has 0 spiro atoms. The Morgan fingerprint density at radius 1 is 1.17 bits per heavy atom. The second-order valence-corrected chi connectivity index (χ2v) is 4.96. The standard InChI is InChI=1S/C17H18FNO4/c1-10(14-8-11(18)4-7-16(14)23-3)19-17(21)13-6-5-12(22-2)9-15(13)20/h4-10,20H,1-3H3,(H,19,21). The topological polar surface area (TPSA) is 67.8 Å². The summed E-state index contributed by atoms with van der Waals surface area (Å²) in [5.74, 6) is -0.185. The molecule has 0 aliphatic carbocycles. The van der Waals surface area contributed by atoms with Gasteiger partial charge in [0.15, 0.2) is 0 Å². The van der Waals surface area contributed by atoms with E-state index < -0.39 is 17.8 Å². The highest BCUT2D eigenvalue weighted by Gasteiger charge is 2.18. The fourth-order valence-corrected chi connectivity index (χ4v) is 2.23. The van der Waals surface area contributed by atoms with Crippen LogP contribution in [0.1, 0.15) is 28.9 Å². The highest BCUT2D eigenvalue weighted by Crippen LogP contribution is 2.27. The molecule has 1 unspecified atom stereocenters. The van der Waals surface area contributed by atoms with Crippen molar-refractivity contribution in [2.24, 2.45) is 0 Å². The second-order valence-electron chi connectivity index (χ2n) is 4.96. The summed E-state index contributed by atoms with van der Waals surface area (Å²) < 4.78 is 23.6. The number of phenolic OH excluding ortho intramolecular Hbond substituents is 1. The lowest BCUT2D eigenvalue weighted by Gasteiger charge is -2.18. The van der Waals surface area contributed by atoms with Gasteiger partial charge < -0.3 is 19.9 Å². The fraction of sp³-hybridized carbons (Fsp3) is 0.235. The molecule has 0 radical (unpaired) electrons. The van der Waals surface area contributed by atoms with Crippen molar-refractivity contribution in [1.29, 1.82) is 0 Å². The summed E-state index contributed by atoms with van der Waals surface area (Å²) in [5.41, 5.74) is 0.613. The molecule has 23 heavy (non-hydrogen) atoms. The Kier molecular flexibility index (Phi) is 5.05. The number of benzene rings is 2. The van der Waals surface area contributed by atoms with Crippen LogP contribution in [-0.2, 0) is 0 Å². The lowest BCUT2D eigenvalue weighted by Crippen LogP contribution is -2.27. The Balaban J connectivity index is 2.21. The van der Waals surface area contributed by atoms with E-state index in [2.05, 4.69) is 5.32 Å². The molecule has 6 heteroatoms. The summed E-state index contributed by atoms with van der Waals surface area (Å²) in [6, 6.07) is 7.96. The summed E-state index contributed by atoms with van der Waals surface area (Å²) >= 11 is 0. The predicted molar refractivity (Wildman–Crippen MR) is 83.5 cm³/mol. The zero-order valence-corrected chi connectivity index (χ0v) is 13.1. The third-order valence-corrected chi connectivity index (χ3v) is 3.46. The van der Waals surface area contributed by atoms with E-state index in [-0.39, 0.29) is 11.3 Å². The van der Waals surface area contributed by atoms with Crippen LogP contribution in [0, 0.1) is 5.82 Å². The van der Waals surface area contributed by atoms with Crippen LogP contribution in [-0.4, -0.2) is 25.2 Å². The molecule has 2 rings (SSSR count). The number of carbonyl (C=O) groups is 1. The highest BCUT2D eigenvalue weighted by atomic mass is 19.1. The smallest absolute Gasteiger partial charge is 0.255 e. The number of ether oxygens (including phenoxy) is 2. The normalized spacial score (nSPS) is 11.7. The molecule has 2 aromatic rings. The largest absolute Gasteiger partial charge is 0.507 e. The Labute approximate surface area is 133 Å². The first-order valence-corrected chi connectivity index (χ1v) is 6.97. The number of methoxy groups -OCH3 is 2. The van der Waals surface area contributed by atoms with Crippen LogP contribution in [0.3, 0.4) is 0 Å². The molecule has 5 nitrogen and oxygen atoms in total. The number of phenols is 1. The van der Waals surface area contributed by atoms with Crippen molar-refractivity contribution in [3.8, 4) is 17.2 Å². The lowest BCUT2D eigenvalue weighted by atomic mass is 10.1. The minimum absolute atomic E-state index is 0.105. The molecule has 1 atom stereocenters. The third kappa shape index (κ3) is 3.71. The Hall–Kier alpha value is -2.76. The average Bonchev–Trinajstić information content (AvgIpc) is 2.54. The molecule has 2 aromatic carbocycles. The minimum Gasteiger partial charge on any atom is -0.507 e. The van der Waals surface area contributed by atoms with Crippen molar-refractivity contribution in [2.75, 3.05) is 14.2 Å². The van der Waals surface area contributed by atoms with E-state index in [0.717, 1.165) is 0 Å². The molecular formula is C17H18FNO4. The van der Waals surface area contributed by atoms with Crippen LogP contribution in [0.5, 0.6) is 17.2 Å². The van der Waals surface area contributed by atoms with Gasteiger partial charge in [0.2, 0.25) is 0 Å². The van der Waals surface area contributed by atoms with Crippen molar-refractivity contribution >= 4 is 5.91 Å². The number of halogens is 1. The molecule has 0 heterocycles. The molecule has 0 fully saturated rings. The zero-order chi connectivity index (χ0) is 17.0. The molecule has 0 aliphatic rings. The van der Waals surface area contributed by atoms with Crippen molar-refractivity contribution in [3.05, 3.63) is 53.3 Å². The maximum absolute atomic E-state index is 13.4. The van der Waals surface area contributed by atoms with Gasteiger partial charge in [-0.2, -0.15) is 0 Å². The van der Waals surface area contributed by atoms with E-state index in [1.165, 1.54) is 44.6 Å². The number of rotatable bonds is 5. The summed E-state index contributed by atoms with van der Waals surface area (Å²) in [4.78, 5) is 12.3. The van der Waals surface area contributed by atoms with Crippen molar-refractivity contribution in [2.45, 2.75) is 13.0 Å². The van der Waals surface area contributed by atoms with Gasteiger partial charge in [0.25, 0.3) is 5.91 Å². The number of amides is 1. The molecule has 0 aliphatic heterocycles. The summed E-state index contributed by atoms with van der Waals surface area (Å²) in [6.45, 7) is 1.70. The van der Waals surface area contributed by atoms with Gasteiger partial charge in [-0.15, -0.1) is 0 Å². The zero-order valence-electron chi connectivity index (χ0n) is 13.1. The van der Waals surface area contributed by atoms with Crippen molar-refractivity contribution in [1.82, 2.24) is 5.32 Å². The van der Waals surface area contributed by atoms with Crippen LogP contribution in [0.25, 0.3) is 0 Å². The maximum atomic E-state index is 13.4. The number of nitrogens with one attached hydrogen (secondary N) is 1. The van der Waals surface area contributed by atoms with Gasteiger partial charge in [-0.1, -0.05) is 0 Å². The molecular weight excluding hydrogens is 301 g/mol. The summed E-state index contributed by atoms with van der Waals surface area (Å²) in [6.07, 6.45) is 0. The number of hydrogen-bond acceptors (Lipinski definition) is 4. The van der Waals surface area contributed by atoms with Gasteiger partial charge in [0, 0.05) is 11.6 Å². The fourth-order valence-electron chi connectivity index (χ4n) is 2.23. The van der Waals surface area contributed by atoms with Crippen LogP contribution >= 0.6 is 0 Å². The Morgan fingerprint density at radius 2 is 1.91 bits per heavy atom. The number of aromatic hydroxyl groups is 1. The lowest BCUT2D eigenvalue weighted by molar-refractivity contribution is 0.0936. The maximum Gasteiger partial charge on any atom is 0.255 e. The Morgan fingerprint density at radius 3 is 2.52 bits per heavy atom. The predicted octanol–water partition coefficient (Wildman–Crippen LogP) is 3.04. The molecule has 0 bridgehead atoms. The molecule has 0 saturated heterocycles. The first-order valence-electron chi connectivity index (χ1n) is 6.97. The van der Waals surface area contributed by atoms with Crippen LogP contribution in [0.15, 0.2) is 36.4 Å². The van der Waals surface area contributed by atoms with Gasteiger partial charge >= 0.3 is 0 Å². The van der Waals surface area contributed by atoms with E-state index in [1.807, 2.05) is 0 Å². The molecule has 0 aromatic heterocycles. The molecule has 2 N–H and O–H groups in total. The van der Waals surface area contributed by atoms with Gasteiger partial charge in [-0.3, -0.25) is 4.79 Å². The molecule has 0 saturated carbocycles.